The molecule has 1 heterocycles. The Balaban J connectivity index is 1.76. The smallest absolute Gasteiger partial charge is 0.338 e. The molecule has 0 N–H and O–H groups in total. The molecule has 33 heavy (non-hydrogen) atoms. The number of benzene rings is 2. The molecule has 0 aliphatic carbocycles. The summed E-state index contributed by atoms with van der Waals surface area (Å²) in [5.41, 5.74) is 1.16. The van der Waals surface area contributed by atoms with Gasteiger partial charge in [0.25, 0.3) is 15.9 Å². The molecule has 0 aromatic heterocycles. The molecule has 2 atom stereocenters. The minimum absolute atomic E-state index is 0.0349. The Kier molecular flexibility index (Phi) is 7.79. The van der Waals surface area contributed by atoms with Crippen LogP contribution in [0.4, 0.5) is 5.69 Å². The van der Waals surface area contributed by atoms with Crippen LogP contribution in [-0.2, 0) is 19.6 Å². The standard InChI is InChI=1S/C25H32N2O5S/c1-5-27(22-9-7-6-8-10-22)33(30,31)23-14-21(12-11-20(23)4)25(29)32-17-24(28)26-15-18(2)13-19(3)16-26/h6-12,14,18-19H,5,13,15-17H2,1-4H3/t18-,19+. The summed E-state index contributed by atoms with van der Waals surface area (Å²) < 4.78 is 33.4. The van der Waals surface area contributed by atoms with E-state index in [2.05, 4.69) is 13.8 Å². The molecule has 1 amide bonds. The van der Waals surface area contributed by atoms with Gasteiger partial charge in [0.15, 0.2) is 6.61 Å². The van der Waals surface area contributed by atoms with Crippen molar-refractivity contribution < 1.29 is 22.7 Å². The van der Waals surface area contributed by atoms with Gasteiger partial charge in [-0.3, -0.25) is 9.10 Å². The van der Waals surface area contributed by atoms with Crippen LogP contribution in [0.1, 0.15) is 43.1 Å². The number of aryl methyl sites for hydroxylation is 1. The number of carbonyl (C=O) groups excluding carboxylic acids is 2. The number of ether oxygens (including phenoxy) is 1. The van der Waals surface area contributed by atoms with Crippen molar-refractivity contribution in [2.24, 2.45) is 11.8 Å². The fourth-order valence-corrected chi connectivity index (χ4v) is 6.11. The molecule has 1 aliphatic rings. The molecule has 0 bridgehead atoms. The van der Waals surface area contributed by atoms with E-state index >= 15 is 0 Å². The van der Waals surface area contributed by atoms with Gasteiger partial charge >= 0.3 is 5.97 Å². The lowest BCUT2D eigenvalue weighted by Gasteiger charge is -2.34. The zero-order chi connectivity index (χ0) is 24.2. The number of amides is 1. The Morgan fingerprint density at radius 1 is 1.06 bits per heavy atom. The van der Waals surface area contributed by atoms with Crippen LogP contribution >= 0.6 is 0 Å². The molecule has 1 fully saturated rings. The Morgan fingerprint density at radius 3 is 2.30 bits per heavy atom. The van der Waals surface area contributed by atoms with E-state index in [-0.39, 0.29) is 29.5 Å². The molecule has 2 aromatic carbocycles. The van der Waals surface area contributed by atoms with Crippen LogP contribution in [0.25, 0.3) is 0 Å². The molecule has 0 unspecified atom stereocenters. The quantitative estimate of drug-likeness (QED) is 0.571. The van der Waals surface area contributed by atoms with Crippen LogP contribution in [0.5, 0.6) is 0 Å². The van der Waals surface area contributed by atoms with E-state index in [1.807, 2.05) is 6.07 Å². The monoisotopic (exact) mass is 472 g/mol. The van der Waals surface area contributed by atoms with Crippen molar-refractivity contribution >= 4 is 27.6 Å². The summed E-state index contributed by atoms with van der Waals surface area (Å²) in [5.74, 6) is -0.141. The number of hydrogen-bond acceptors (Lipinski definition) is 5. The van der Waals surface area contributed by atoms with Gasteiger partial charge < -0.3 is 9.64 Å². The highest BCUT2D eigenvalue weighted by Crippen LogP contribution is 2.27. The zero-order valence-corrected chi connectivity index (χ0v) is 20.5. The van der Waals surface area contributed by atoms with Crippen molar-refractivity contribution in [3.8, 4) is 0 Å². The zero-order valence-electron chi connectivity index (χ0n) is 19.7. The van der Waals surface area contributed by atoms with Gasteiger partial charge in [-0.15, -0.1) is 0 Å². The Hall–Kier alpha value is -2.87. The average molecular weight is 473 g/mol. The number of likely N-dealkylation sites (tertiary alicyclic amines) is 1. The SMILES string of the molecule is CCN(c1ccccc1)S(=O)(=O)c1cc(C(=O)OCC(=O)N2C[C@H](C)C[C@H](C)C2)ccc1C. The predicted molar refractivity (Wildman–Crippen MR) is 128 cm³/mol. The summed E-state index contributed by atoms with van der Waals surface area (Å²) in [5, 5.41) is 0. The molecule has 178 valence electrons. The second-order valence-corrected chi connectivity index (χ2v) is 10.6. The molecular formula is C25H32N2O5S. The van der Waals surface area contributed by atoms with E-state index in [0.29, 0.717) is 36.2 Å². The molecule has 1 saturated heterocycles. The van der Waals surface area contributed by atoms with E-state index in [1.165, 1.54) is 16.4 Å². The lowest BCUT2D eigenvalue weighted by molar-refractivity contribution is -0.137. The topological polar surface area (TPSA) is 84.0 Å². The first kappa shape index (κ1) is 24.8. The first-order chi connectivity index (χ1) is 15.6. The van der Waals surface area contributed by atoms with Crippen molar-refractivity contribution in [3.63, 3.8) is 0 Å². The van der Waals surface area contributed by atoms with Crippen LogP contribution in [0.15, 0.2) is 53.4 Å². The summed E-state index contributed by atoms with van der Waals surface area (Å²) in [7, 11) is -3.90. The summed E-state index contributed by atoms with van der Waals surface area (Å²) in [4.78, 5) is 27.0. The lowest BCUT2D eigenvalue weighted by Crippen LogP contribution is -2.44. The minimum atomic E-state index is -3.90. The number of carbonyl (C=O) groups is 2. The van der Waals surface area contributed by atoms with Gasteiger partial charge in [0.2, 0.25) is 0 Å². The minimum Gasteiger partial charge on any atom is -0.452 e. The van der Waals surface area contributed by atoms with Crippen LogP contribution in [0.2, 0.25) is 0 Å². The fraction of sp³-hybridized carbons (Fsp3) is 0.440. The van der Waals surface area contributed by atoms with Crippen molar-refractivity contribution in [1.29, 1.82) is 0 Å². The maximum absolute atomic E-state index is 13.4. The molecule has 0 radical (unpaired) electrons. The Morgan fingerprint density at radius 2 is 1.70 bits per heavy atom. The first-order valence-electron chi connectivity index (χ1n) is 11.3. The van der Waals surface area contributed by atoms with Crippen LogP contribution in [0, 0.1) is 18.8 Å². The maximum Gasteiger partial charge on any atom is 0.338 e. The van der Waals surface area contributed by atoms with Gasteiger partial charge in [-0.1, -0.05) is 38.1 Å². The Labute approximate surface area is 196 Å². The molecule has 8 heteroatoms. The van der Waals surface area contributed by atoms with E-state index in [4.69, 9.17) is 4.74 Å². The summed E-state index contributed by atoms with van der Waals surface area (Å²) in [6.45, 7) is 8.83. The molecule has 3 rings (SSSR count). The third-order valence-corrected chi connectivity index (χ3v) is 7.92. The predicted octanol–water partition coefficient (Wildman–Crippen LogP) is 3.87. The van der Waals surface area contributed by atoms with E-state index in [1.54, 1.807) is 49.1 Å². The number of nitrogens with zero attached hydrogens (tertiary/aromatic N) is 2. The number of esters is 1. The maximum atomic E-state index is 13.4. The van der Waals surface area contributed by atoms with Crippen molar-refractivity contribution in [2.75, 3.05) is 30.5 Å². The third-order valence-electron chi connectivity index (χ3n) is 5.87. The number of para-hydroxylation sites is 1. The average Bonchev–Trinajstić information content (AvgIpc) is 2.77. The highest BCUT2D eigenvalue weighted by Gasteiger charge is 2.28. The fourth-order valence-electron chi connectivity index (χ4n) is 4.38. The van der Waals surface area contributed by atoms with Crippen molar-refractivity contribution in [3.05, 3.63) is 59.7 Å². The number of sulfonamides is 1. The van der Waals surface area contributed by atoms with Crippen LogP contribution in [0.3, 0.4) is 0 Å². The summed E-state index contributed by atoms with van der Waals surface area (Å²) in [6, 6.07) is 13.2. The molecular weight excluding hydrogens is 440 g/mol. The molecule has 2 aromatic rings. The number of piperidine rings is 1. The molecule has 0 spiro atoms. The third kappa shape index (κ3) is 5.74. The lowest BCUT2D eigenvalue weighted by atomic mass is 9.92. The van der Waals surface area contributed by atoms with Gasteiger partial charge in [0.05, 0.1) is 16.1 Å². The normalized spacial score (nSPS) is 18.6. The second-order valence-electron chi connectivity index (χ2n) is 8.81. The summed E-state index contributed by atoms with van der Waals surface area (Å²) in [6.07, 6.45) is 1.07. The van der Waals surface area contributed by atoms with E-state index in [9.17, 15) is 18.0 Å². The molecule has 7 nitrogen and oxygen atoms in total. The first-order valence-corrected chi connectivity index (χ1v) is 12.7. The van der Waals surface area contributed by atoms with Gasteiger partial charge in [0.1, 0.15) is 0 Å². The molecule has 1 aliphatic heterocycles. The highest BCUT2D eigenvalue weighted by atomic mass is 32.2. The largest absolute Gasteiger partial charge is 0.452 e. The molecule has 0 saturated carbocycles. The van der Waals surface area contributed by atoms with Crippen molar-refractivity contribution in [1.82, 2.24) is 4.90 Å². The number of rotatable bonds is 7. The summed E-state index contributed by atoms with van der Waals surface area (Å²) >= 11 is 0. The van der Waals surface area contributed by atoms with E-state index < -0.39 is 16.0 Å². The number of anilines is 1. The Bertz CT molecular complexity index is 1090. The van der Waals surface area contributed by atoms with Crippen molar-refractivity contribution in [2.45, 2.75) is 39.0 Å². The highest BCUT2D eigenvalue weighted by molar-refractivity contribution is 7.92. The number of hydrogen-bond donors (Lipinski definition) is 0. The van der Waals surface area contributed by atoms with Crippen LogP contribution < -0.4 is 4.31 Å². The van der Waals surface area contributed by atoms with E-state index in [0.717, 1.165) is 6.42 Å². The van der Waals surface area contributed by atoms with Gasteiger partial charge in [-0.05, 0) is 61.9 Å². The second kappa shape index (κ2) is 10.4. The van der Waals surface area contributed by atoms with Gasteiger partial charge in [0, 0.05) is 19.6 Å². The van der Waals surface area contributed by atoms with Gasteiger partial charge in [-0.2, -0.15) is 0 Å². The van der Waals surface area contributed by atoms with Gasteiger partial charge in [-0.25, -0.2) is 13.2 Å². The van der Waals surface area contributed by atoms with Crippen LogP contribution in [-0.4, -0.2) is 51.4 Å².